The van der Waals surface area contributed by atoms with E-state index in [2.05, 4.69) is 15.4 Å². The predicted octanol–water partition coefficient (Wildman–Crippen LogP) is -0.213. The van der Waals surface area contributed by atoms with Crippen molar-refractivity contribution in [1.82, 2.24) is 9.97 Å². The van der Waals surface area contributed by atoms with Crippen molar-refractivity contribution >= 4 is 17.5 Å². The number of aromatic nitrogens is 2. The minimum absolute atomic E-state index is 0.105. The molecule has 1 rings (SSSR count). The Morgan fingerprint density at radius 2 is 2.46 bits per heavy atom. The van der Waals surface area contributed by atoms with E-state index in [9.17, 15) is 0 Å². The van der Waals surface area contributed by atoms with Crippen LogP contribution in [0.2, 0.25) is 5.02 Å². The van der Waals surface area contributed by atoms with E-state index in [-0.39, 0.29) is 30.1 Å². The van der Waals surface area contributed by atoms with Gasteiger partial charge in [-0.1, -0.05) is 11.6 Å². The topological polar surface area (TPSA) is 93.3 Å². The molecule has 0 aliphatic rings. The summed E-state index contributed by atoms with van der Waals surface area (Å²) in [5, 5.41) is 8.76. The predicted molar refractivity (Wildman–Crippen MR) is 47.4 cm³/mol. The van der Waals surface area contributed by atoms with Crippen molar-refractivity contribution in [3.63, 3.8) is 0 Å². The zero-order valence-electron chi connectivity index (χ0n) is 6.70. The lowest BCUT2D eigenvalue weighted by Crippen LogP contribution is -2.12. The first-order valence-electron chi connectivity index (χ1n) is 3.50. The molecule has 7 heteroatoms. The van der Waals surface area contributed by atoms with Crippen LogP contribution in [0.15, 0.2) is 6.20 Å². The maximum Gasteiger partial charge on any atom is 0.240 e. The van der Waals surface area contributed by atoms with Gasteiger partial charge in [-0.25, -0.2) is 10.8 Å². The Hall–Kier alpha value is -1.11. The highest BCUT2D eigenvalue weighted by molar-refractivity contribution is 6.31. The largest absolute Gasteiger partial charge is 0.474 e. The summed E-state index contributed by atoms with van der Waals surface area (Å²) in [5.74, 6) is 5.47. The van der Waals surface area contributed by atoms with Crippen LogP contribution in [0.5, 0.6) is 5.88 Å². The number of nitrogens with zero attached hydrogens (tertiary/aromatic N) is 2. The molecule has 1 heterocycles. The number of hydrazine groups is 1. The molecule has 0 atom stereocenters. The molecule has 6 nitrogen and oxygen atoms in total. The van der Waals surface area contributed by atoms with E-state index in [0.29, 0.717) is 0 Å². The van der Waals surface area contributed by atoms with Gasteiger partial charge >= 0.3 is 0 Å². The lowest BCUT2D eigenvalue weighted by Gasteiger charge is -2.05. The summed E-state index contributed by atoms with van der Waals surface area (Å²) in [6, 6.07) is 0. The molecule has 4 N–H and O–H groups in total. The maximum absolute atomic E-state index is 8.49. The monoisotopic (exact) mass is 204 g/mol. The van der Waals surface area contributed by atoms with Gasteiger partial charge in [0.25, 0.3) is 0 Å². The number of aliphatic hydroxyl groups is 1. The fourth-order valence-electron chi connectivity index (χ4n) is 0.665. The third kappa shape index (κ3) is 2.69. The summed E-state index contributed by atoms with van der Waals surface area (Å²) in [7, 11) is 0. The van der Waals surface area contributed by atoms with Crippen molar-refractivity contribution in [3.8, 4) is 5.88 Å². The molecule has 72 valence electrons. The molecule has 0 saturated heterocycles. The Balaban J connectivity index is 2.78. The average molecular weight is 205 g/mol. The standard InChI is InChI=1S/C6H9ClN4O2/c7-4-3-9-6(11-8)10-5(4)13-2-1-12/h3,12H,1-2,8H2,(H,9,10,11). The molecular formula is C6H9ClN4O2. The molecule has 0 bridgehead atoms. The van der Waals surface area contributed by atoms with Crippen LogP contribution in [-0.4, -0.2) is 28.3 Å². The highest BCUT2D eigenvalue weighted by Crippen LogP contribution is 2.21. The van der Waals surface area contributed by atoms with Crippen molar-refractivity contribution in [1.29, 1.82) is 0 Å². The van der Waals surface area contributed by atoms with Gasteiger partial charge in [0.15, 0.2) is 0 Å². The normalized spacial score (nSPS) is 9.77. The van der Waals surface area contributed by atoms with E-state index in [1.165, 1.54) is 6.20 Å². The molecule has 1 aromatic heterocycles. The third-order valence-corrected chi connectivity index (χ3v) is 1.43. The van der Waals surface area contributed by atoms with E-state index in [1.807, 2.05) is 0 Å². The molecule has 13 heavy (non-hydrogen) atoms. The quantitative estimate of drug-likeness (QED) is 0.464. The van der Waals surface area contributed by atoms with Crippen molar-refractivity contribution in [2.45, 2.75) is 0 Å². The van der Waals surface area contributed by atoms with Crippen LogP contribution in [-0.2, 0) is 0 Å². The second-order valence-electron chi connectivity index (χ2n) is 2.06. The number of halogens is 1. The molecular weight excluding hydrogens is 196 g/mol. The van der Waals surface area contributed by atoms with Gasteiger partial charge in [0.05, 0.1) is 12.8 Å². The highest BCUT2D eigenvalue weighted by atomic mass is 35.5. The molecule has 0 radical (unpaired) electrons. The number of aliphatic hydroxyl groups excluding tert-OH is 1. The maximum atomic E-state index is 8.49. The number of hydrogen-bond donors (Lipinski definition) is 3. The van der Waals surface area contributed by atoms with E-state index in [1.54, 1.807) is 0 Å². The first-order valence-corrected chi connectivity index (χ1v) is 3.88. The fraction of sp³-hybridized carbons (Fsp3) is 0.333. The smallest absolute Gasteiger partial charge is 0.240 e. The number of ether oxygens (including phenoxy) is 1. The Labute approximate surface area is 79.7 Å². The van der Waals surface area contributed by atoms with E-state index in [4.69, 9.17) is 27.3 Å². The van der Waals surface area contributed by atoms with E-state index >= 15 is 0 Å². The number of nitrogens with two attached hydrogens (primary N) is 1. The van der Waals surface area contributed by atoms with E-state index in [0.717, 1.165) is 0 Å². The summed E-state index contributed by atoms with van der Waals surface area (Å²) in [6.45, 7) is 0.0203. The fourth-order valence-corrected chi connectivity index (χ4v) is 0.810. The third-order valence-electron chi connectivity index (χ3n) is 1.17. The SMILES string of the molecule is NNc1ncc(Cl)c(OCCO)n1. The second-order valence-corrected chi connectivity index (χ2v) is 2.47. The van der Waals surface area contributed by atoms with Crippen LogP contribution >= 0.6 is 11.6 Å². The van der Waals surface area contributed by atoms with Crippen LogP contribution in [0.3, 0.4) is 0 Å². The van der Waals surface area contributed by atoms with Gasteiger partial charge in [0.2, 0.25) is 11.8 Å². The van der Waals surface area contributed by atoms with Crippen molar-refractivity contribution < 1.29 is 9.84 Å². The first kappa shape index (κ1) is 9.97. The summed E-state index contributed by atoms with van der Waals surface area (Å²) in [4.78, 5) is 7.56. The van der Waals surface area contributed by atoms with Gasteiger partial charge in [-0.3, -0.25) is 5.43 Å². The molecule has 0 amide bonds. The minimum Gasteiger partial charge on any atom is -0.474 e. The highest BCUT2D eigenvalue weighted by Gasteiger charge is 2.04. The summed E-state index contributed by atoms with van der Waals surface area (Å²) >= 11 is 5.69. The molecule has 0 aromatic carbocycles. The van der Waals surface area contributed by atoms with Gasteiger partial charge in [0.1, 0.15) is 11.6 Å². The van der Waals surface area contributed by atoms with Crippen LogP contribution in [0.25, 0.3) is 0 Å². The summed E-state index contributed by atoms with van der Waals surface area (Å²) in [5.41, 5.74) is 2.25. The zero-order chi connectivity index (χ0) is 9.68. The molecule has 0 unspecified atom stereocenters. The van der Waals surface area contributed by atoms with Gasteiger partial charge in [-0.05, 0) is 0 Å². The average Bonchev–Trinajstić information content (AvgIpc) is 2.17. The van der Waals surface area contributed by atoms with E-state index < -0.39 is 0 Å². The summed E-state index contributed by atoms with van der Waals surface area (Å²) in [6.07, 6.45) is 1.36. The minimum atomic E-state index is -0.105. The number of nitrogen functional groups attached to an aromatic ring is 1. The molecule has 0 aliphatic heterocycles. The molecule has 1 aromatic rings. The van der Waals surface area contributed by atoms with Crippen LogP contribution < -0.4 is 16.0 Å². The summed E-state index contributed by atoms with van der Waals surface area (Å²) < 4.78 is 5.00. The van der Waals surface area contributed by atoms with Gasteiger partial charge < -0.3 is 9.84 Å². The number of nitrogens with one attached hydrogen (secondary N) is 1. The first-order chi connectivity index (χ1) is 6.27. The van der Waals surface area contributed by atoms with Gasteiger partial charge in [0, 0.05) is 0 Å². The Morgan fingerprint density at radius 3 is 3.08 bits per heavy atom. The van der Waals surface area contributed by atoms with Gasteiger partial charge in [-0.15, -0.1) is 0 Å². The molecule has 0 saturated carbocycles. The lowest BCUT2D eigenvalue weighted by molar-refractivity contribution is 0.197. The van der Waals surface area contributed by atoms with Crippen molar-refractivity contribution in [2.75, 3.05) is 18.6 Å². The van der Waals surface area contributed by atoms with Crippen LogP contribution in [0.1, 0.15) is 0 Å². The Bertz CT molecular complexity index is 283. The number of anilines is 1. The number of rotatable bonds is 4. The molecule has 0 aliphatic carbocycles. The number of hydrogen-bond acceptors (Lipinski definition) is 6. The lowest BCUT2D eigenvalue weighted by atomic mass is 10.6. The zero-order valence-corrected chi connectivity index (χ0v) is 7.45. The van der Waals surface area contributed by atoms with Crippen molar-refractivity contribution in [3.05, 3.63) is 11.2 Å². The Morgan fingerprint density at radius 1 is 1.69 bits per heavy atom. The van der Waals surface area contributed by atoms with Gasteiger partial charge in [-0.2, -0.15) is 4.98 Å². The van der Waals surface area contributed by atoms with Crippen LogP contribution in [0, 0.1) is 0 Å². The van der Waals surface area contributed by atoms with Crippen molar-refractivity contribution in [2.24, 2.45) is 5.84 Å². The molecule has 0 fully saturated rings. The Kier molecular flexibility index (Phi) is 3.69. The second kappa shape index (κ2) is 4.80. The molecule has 0 spiro atoms. The van der Waals surface area contributed by atoms with Crippen LogP contribution in [0.4, 0.5) is 5.95 Å².